The monoisotopic (exact) mass is 383 g/mol. The quantitative estimate of drug-likeness (QED) is 0.768. The van der Waals surface area contributed by atoms with Gasteiger partial charge in [0.15, 0.2) is 0 Å². The molecule has 7 heteroatoms. The number of hydrogen-bond donors (Lipinski definition) is 0. The number of rotatable bonds is 4. The van der Waals surface area contributed by atoms with Crippen LogP contribution < -0.4 is 0 Å². The van der Waals surface area contributed by atoms with E-state index in [1.54, 1.807) is 11.8 Å². The normalized spacial score (nSPS) is 19.9. The Morgan fingerprint density at radius 1 is 0.964 bits per heavy atom. The number of carbonyl (C=O) groups excluding carboxylic acids is 2. The van der Waals surface area contributed by atoms with Gasteiger partial charge in [-0.05, 0) is 24.6 Å². The van der Waals surface area contributed by atoms with Crippen molar-refractivity contribution in [3.05, 3.63) is 35.4 Å². The minimum Gasteiger partial charge on any atom is -0.339 e. The average molecular weight is 383 g/mol. The van der Waals surface area contributed by atoms with Gasteiger partial charge in [-0.15, -0.1) is 0 Å². The number of piperazine rings is 2. The standard InChI is InChI=1S/C21H29N5O2/c1-17(21(28)26-13-11-25(12-14-26)18(2)27)24-9-7-23(8-10-24)16-20-5-3-19(15-22)4-6-20/h3-6,17H,7-14,16H2,1-2H3. The number of benzene rings is 1. The molecule has 1 aromatic carbocycles. The molecule has 2 heterocycles. The van der Waals surface area contributed by atoms with Crippen molar-refractivity contribution in [2.75, 3.05) is 52.4 Å². The Kier molecular flexibility index (Phi) is 6.65. The van der Waals surface area contributed by atoms with E-state index >= 15 is 0 Å². The van der Waals surface area contributed by atoms with Gasteiger partial charge >= 0.3 is 0 Å². The molecule has 1 aromatic rings. The van der Waals surface area contributed by atoms with Crippen LogP contribution in [-0.2, 0) is 16.1 Å². The van der Waals surface area contributed by atoms with Gasteiger partial charge in [-0.3, -0.25) is 19.4 Å². The number of nitriles is 1. The fourth-order valence-electron chi connectivity index (χ4n) is 3.91. The van der Waals surface area contributed by atoms with E-state index in [0.717, 1.165) is 32.7 Å². The van der Waals surface area contributed by atoms with Crippen molar-refractivity contribution in [1.29, 1.82) is 5.26 Å². The highest BCUT2D eigenvalue weighted by Gasteiger charge is 2.30. The van der Waals surface area contributed by atoms with E-state index in [2.05, 4.69) is 15.9 Å². The predicted molar refractivity (Wildman–Crippen MR) is 106 cm³/mol. The van der Waals surface area contributed by atoms with Crippen LogP contribution in [0.5, 0.6) is 0 Å². The van der Waals surface area contributed by atoms with Gasteiger partial charge in [-0.2, -0.15) is 5.26 Å². The minimum atomic E-state index is -0.124. The molecule has 0 spiro atoms. The molecule has 1 unspecified atom stereocenters. The van der Waals surface area contributed by atoms with Gasteiger partial charge in [0.05, 0.1) is 17.7 Å². The summed E-state index contributed by atoms with van der Waals surface area (Å²) in [5.41, 5.74) is 1.89. The minimum absolute atomic E-state index is 0.0820. The average Bonchev–Trinajstić information content (AvgIpc) is 2.74. The molecule has 0 bridgehead atoms. The molecule has 0 radical (unpaired) electrons. The Labute approximate surface area is 167 Å². The third-order valence-electron chi connectivity index (χ3n) is 5.84. The number of carbonyl (C=O) groups is 2. The first kappa shape index (κ1) is 20.3. The van der Waals surface area contributed by atoms with E-state index in [-0.39, 0.29) is 17.9 Å². The van der Waals surface area contributed by atoms with Gasteiger partial charge < -0.3 is 9.80 Å². The molecule has 0 aliphatic carbocycles. The summed E-state index contributed by atoms with van der Waals surface area (Å²) >= 11 is 0. The van der Waals surface area contributed by atoms with Crippen LogP contribution >= 0.6 is 0 Å². The van der Waals surface area contributed by atoms with Gasteiger partial charge in [-0.25, -0.2) is 0 Å². The molecule has 2 saturated heterocycles. The smallest absolute Gasteiger partial charge is 0.239 e. The van der Waals surface area contributed by atoms with E-state index in [0.29, 0.717) is 31.7 Å². The van der Waals surface area contributed by atoms with Gasteiger partial charge in [0, 0.05) is 65.8 Å². The summed E-state index contributed by atoms with van der Waals surface area (Å²) in [5, 5.41) is 8.89. The molecule has 2 amide bonds. The molecular weight excluding hydrogens is 354 g/mol. The maximum absolute atomic E-state index is 12.8. The van der Waals surface area contributed by atoms with Crippen molar-refractivity contribution in [2.45, 2.75) is 26.4 Å². The van der Waals surface area contributed by atoms with Gasteiger partial charge in [0.2, 0.25) is 11.8 Å². The maximum atomic E-state index is 12.8. The molecule has 3 rings (SSSR count). The molecule has 0 aromatic heterocycles. The zero-order valence-electron chi connectivity index (χ0n) is 16.8. The molecule has 1 atom stereocenters. The van der Waals surface area contributed by atoms with Crippen LogP contribution in [0.2, 0.25) is 0 Å². The largest absolute Gasteiger partial charge is 0.339 e. The molecular formula is C21H29N5O2. The fraction of sp³-hybridized carbons (Fsp3) is 0.571. The molecule has 2 fully saturated rings. The zero-order valence-corrected chi connectivity index (χ0v) is 16.8. The van der Waals surface area contributed by atoms with E-state index in [1.807, 2.05) is 36.1 Å². The van der Waals surface area contributed by atoms with E-state index in [4.69, 9.17) is 5.26 Å². The van der Waals surface area contributed by atoms with E-state index < -0.39 is 0 Å². The Balaban J connectivity index is 1.45. The molecule has 2 aliphatic rings. The van der Waals surface area contributed by atoms with Crippen molar-refractivity contribution in [1.82, 2.24) is 19.6 Å². The van der Waals surface area contributed by atoms with Crippen molar-refractivity contribution in [3.8, 4) is 6.07 Å². The first-order chi connectivity index (χ1) is 13.5. The van der Waals surface area contributed by atoms with Crippen molar-refractivity contribution in [3.63, 3.8) is 0 Å². The lowest BCUT2D eigenvalue weighted by Crippen LogP contribution is -2.57. The summed E-state index contributed by atoms with van der Waals surface area (Å²) in [4.78, 5) is 32.6. The van der Waals surface area contributed by atoms with Crippen LogP contribution in [0.4, 0.5) is 0 Å². The van der Waals surface area contributed by atoms with Crippen LogP contribution in [0.25, 0.3) is 0 Å². The van der Waals surface area contributed by atoms with Crippen molar-refractivity contribution >= 4 is 11.8 Å². The molecule has 7 nitrogen and oxygen atoms in total. The third-order valence-corrected chi connectivity index (χ3v) is 5.84. The van der Waals surface area contributed by atoms with Gasteiger partial charge in [0.1, 0.15) is 0 Å². The third kappa shape index (κ3) is 4.89. The molecule has 150 valence electrons. The second-order valence-corrected chi connectivity index (χ2v) is 7.63. The highest BCUT2D eigenvalue weighted by Crippen LogP contribution is 2.14. The van der Waals surface area contributed by atoms with Crippen molar-refractivity contribution < 1.29 is 9.59 Å². The maximum Gasteiger partial charge on any atom is 0.239 e. The van der Waals surface area contributed by atoms with Crippen LogP contribution in [0.3, 0.4) is 0 Å². The summed E-state index contributed by atoms with van der Waals surface area (Å²) in [5.74, 6) is 0.252. The number of amides is 2. The first-order valence-corrected chi connectivity index (χ1v) is 9.97. The number of nitrogens with zero attached hydrogens (tertiary/aromatic N) is 5. The first-order valence-electron chi connectivity index (χ1n) is 9.97. The Hall–Kier alpha value is -2.43. The molecule has 0 N–H and O–H groups in total. The van der Waals surface area contributed by atoms with Crippen LogP contribution in [0.15, 0.2) is 24.3 Å². The summed E-state index contributed by atoms with van der Waals surface area (Å²) < 4.78 is 0. The van der Waals surface area contributed by atoms with Gasteiger partial charge in [0.25, 0.3) is 0 Å². The molecule has 0 saturated carbocycles. The SMILES string of the molecule is CC(=O)N1CCN(C(=O)C(C)N2CCN(Cc3ccc(C#N)cc3)CC2)CC1. The van der Waals surface area contributed by atoms with Crippen molar-refractivity contribution in [2.24, 2.45) is 0 Å². The zero-order chi connectivity index (χ0) is 20.1. The predicted octanol–water partition coefficient (Wildman–Crippen LogP) is 0.755. The van der Waals surface area contributed by atoms with Crippen LogP contribution in [0.1, 0.15) is 25.0 Å². The lowest BCUT2D eigenvalue weighted by Gasteiger charge is -2.41. The second-order valence-electron chi connectivity index (χ2n) is 7.63. The lowest BCUT2D eigenvalue weighted by molar-refractivity contribution is -0.142. The highest BCUT2D eigenvalue weighted by molar-refractivity contribution is 5.82. The highest BCUT2D eigenvalue weighted by atomic mass is 16.2. The summed E-state index contributed by atoms with van der Waals surface area (Å²) in [6.45, 7) is 10.6. The molecule has 2 aliphatic heterocycles. The van der Waals surface area contributed by atoms with Crippen LogP contribution in [0, 0.1) is 11.3 Å². The fourth-order valence-corrected chi connectivity index (χ4v) is 3.91. The van der Waals surface area contributed by atoms with Crippen LogP contribution in [-0.4, -0.2) is 89.8 Å². The topological polar surface area (TPSA) is 70.9 Å². The summed E-state index contributed by atoms with van der Waals surface area (Å²) in [6, 6.07) is 9.76. The molecule has 28 heavy (non-hydrogen) atoms. The Bertz CT molecular complexity index is 726. The van der Waals surface area contributed by atoms with E-state index in [1.165, 1.54) is 5.56 Å². The summed E-state index contributed by atoms with van der Waals surface area (Å²) in [7, 11) is 0. The van der Waals surface area contributed by atoms with E-state index in [9.17, 15) is 9.59 Å². The summed E-state index contributed by atoms with van der Waals surface area (Å²) in [6.07, 6.45) is 0. The Morgan fingerprint density at radius 3 is 2.07 bits per heavy atom. The second kappa shape index (κ2) is 9.18. The Morgan fingerprint density at radius 2 is 1.54 bits per heavy atom. The van der Waals surface area contributed by atoms with Gasteiger partial charge in [-0.1, -0.05) is 12.1 Å². The number of hydrogen-bond acceptors (Lipinski definition) is 5. The lowest BCUT2D eigenvalue weighted by atomic mass is 10.1.